The number of hydrazine groups is 1. The van der Waals surface area contributed by atoms with Gasteiger partial charge in [0.2, 0.25) is 0 Å². The summed E-state index contributed by atoms with van der Waals surface area (Å²) in [7, 11) is 0. The maximum Gasteiger partial charge on any atom is 0.253 e. The van der Waals surface area contributed by atoms with E-state index in [-0.39, 0.29) is 11.9 Å². The highest BCUT2D eigenvalue weighted by molar-refractivity contribution is 5.99. The topological polar surface area (TPSA) is 67.2 Å². The molecule has 19 heavy (non-hydrogen) atoms. The van der Waals surface area contributed by atoms with Crippen LogP contribution in [0, 0.1) is 12.8 Å². The molecule has 104 valence electrons. The molecular formula is C15H23N3O. The van der Waals surface area contributed by atoms with Crippen molar-refractivity contribution in [2.24, 2.45) is 11.8 Å². The van der Waals surface area contributed by atoms with E-state index in [2.05, 4.69) is 17.7 Å². The van der Waals surface area contributed by atoms with Crippen molar-refractivity contribution >= 4 is 11.6 Å². The van der Waals surface area contributed by atoms with Crippen molar-refractivity contribution < 1.29 is 4.79 Å². The SMILES string of the molecule is CCC(CC1CC1)NC(=O)c1cc(C)ccc1NN. The number of nitrogens with one attached hydrogen (secondary N) is 2. The van der Waals surface area contributed by atoms with E-state index >= 15 is 0 Å². The van der Waals surface area contributed by atoms with E-state index in [1.54, 1.807) is 0 Å². The van der Waals surface area contributed by atoms with Crippen molar-refractivity contribution in [3.05, 3.63) is 29.3 Å². The summed E-state index contributed by atoms with van der Waals surface area (Å²) in [5, 5.41) is 3.12. The largest absolute Gasteiger partial charge is 0.349 e. The molecule has 1 amide bonds. The van der Waals surface area contributed by atoms with Gasteiger partial charge in [-0.1, -0.05) is 31.4 Å². The van der Waals surface area contributed by atoms with Gasteiger partial charge in [-0.2, -0.15) is 0 Å². The predicted molar refractivity (Wildman–Crippen MR) is 77.9 cm³/mol. The Hall–Kier alpha value is -1.55. The number of anilines is 1. The van der Waals surface area contributed by atoms with E-state index in [0.717, 1.165) is 24.3 Å². The van der Waals surface area contributed by atoms with Crippen molar-refractivity contribution in [2.75, 3.05) is 5.43 Å². The van der Waals surface area contributed by atoms with Crippen LogP contribution < -0.4 is 16.6 Å². The van der Waals surface area contributed by atoms with Crippen LogP contribution in [0.15, 0.2) is 18.2 Å². The Morgan fingerprint density at radius 2 is 2.21 bits per heavy atom. The van der Waals surface area contributed by atoms with Crippen LogP contribution in [-0.4, -0.2) is 11.9 Å². The van der Waals surface area contributed by atoms with Gasteiger partial charge in [0.25, 0.3) is 5.91 Å². The van der Waals surface area contributed by atoms with Crippen molar-refractivity contribution in [3.8, 4) is 0 Å². The van der Waals surface area contributed by atoms with Gasteiger partial charge >= 0.3 is 0 Å². The number of carbonyl (C=O) groups is 1. The summed E-state index contributed by atoms with van der Waals surface area (Å²) in [6.45, 7) is 4.09. The monoisotopic (exact) mass is 261 g/mol. The Morgan fingerprint density at radius 1 is 1.47 bits per heavy atom. The quantitative estimate of drug-likeness (QED) is 0.544. The van der Waals surface area contributed by atoms with E-state index in [9.17, 15) is 4.79 Å². The number of aryl methyl sites for hydroxylation is 1. The van der Waals surface area contributed by atoms with E-state index in [1.807, 2.05) is 25.1 Å². The lowest BCUT2D eigenvalue weighted by Crippen LogP contribution is -2.35. The summed E-state index contributed by atoms with van der Waals surface area (Å²) >= 11 is 0. The highest BCUT2D eigenvalue weighted by Gasteiger charge is 2.26. The lowest BCUT2D eigenvalue weighted by Gasteiger charge is -2.18. The van der Waals surface area contributed by atoms with E-state index in [4.69, 9.17) is 5.84 Å². The highest BCUT2D eigenvalue weighted by atomic mass is 16.1. The normalized spacial score (nSPS) is 15.9. The molecule has 0 aliphatic heterocycles. The fourth-order valence-electron chi connectivity index (χ4n) is 2.32. The molecule has 1 atom stereocenters. The standard InChI is InChI=1S/C15H23N3O/c1-3-12(9-11-5-6-11)17-15(19)13-8-10(2)4-7-14(13)18-16/h4,7-8,11-12,18H,3,5-6,9,16H2,1-2H3,(H,17,19). The predicted octanol–water partition coefficient (Wildman–Crippen LogP) is 2.59. The molecule has 1 saturated carbocycles. The Morgan fingerprint density at radius 3 is 2.79 bits per heavy atom. The molecule has 1 aliphatic rings. The van der Waals surface area contributed by atoms with Crippen LogP contribution in [0.25, 0.3) is 0 Å². The summed E-state index contributed by atoms with van der Waals surface area (Å²) in [5.41, 5.74) is 4.93. The van der Waals surface area contributed by atoms with Crippen LogP contribution in [0.5, 0.6) is 0 Å². The third kappa shape index (κ3) is 3.70. The molecule has 1 aromatic rings. The maximum atomic E-state index is 12.3. The second kappa shape index (κ2) is 6.06. The molecule has 1 unspecified atom stereocenters. The summed E-state index contributed by atoms with van der Waals surface area (Å²) in [6, 6.07) is 5.92. The van der Waals surface area contributed by atoms with Crippen molar-refractivity contribution in [2.45, 2.75) is 45.6 Å². The molecule has 1 aliphatic carbocycles. The molecule has 0 spiro atoms. The van der Waals surface area contributed by atoms with Gasteiger partial charge in [-0.25, -0.2) is 0 Å². The number of carbonyl (C=O) groups excluding carboxylic acids is 1. The summed E-state index contributed by atoms with van der Waals surface area (Å²) in [6.07, 6.45) is 4.69. The molecule has 0 radical (unpaired) electrons. The second-order valence-corrected chi connectivity index (χ2v) is 5.45. The zero-order chi connectivity index (χ0) is 13.8. The Labute approximate surface area is 114 Å². The fraction of sp³-hybridized carbons (Fsp3) is 0.533. The number of nitrogens with two attached hydrogens (primary N) is 1. The van der Waals surface area contributed by atoms with Gasteiger partial charge in [0.1, 0.15) is 0 Å². The zero-order valence-electron chi connectivity index (χ0n) is 11.7. The molecule has 0 bridgehead atoms. The highest BCUT2D eigenvalue weighted by Crippen LogP contribution is 2.34. The van der Waals surface area contributed by atoms with Crippen LogP contribution in [0.1, 0.15) is 48.5 Å². The smallest absolute Gasteiger partial charge is 0.253 e. The minimum Gasteiger partial charge on any atom is -0.349 e. The average Bonchev–Trinajstić information content (AvgIpc) is 3.21. The Balaban J connectivity index is 2.06. The van der Waals surface area contributed by atoms with Crippen LogP contribution in [0.3, 0.4) is 0 Å². The first-order valence-corrected chi connectivity index (χ1v) is 7.02. The number of nitrogen functional groups attached to an aromatic ring is 1. The molecule has 1 aromatic carbocycles. The molecule has 0 saturated heterocycles. The van der Waals surface area contributed by atoms with Gasteiger partial charge in [0.05, 0.1) is 11.3 Å². The summed E-state index contributed by atoms with van der Waals surface area (Å²) in [4.78, 5) is 12.3. The van der Waals surface area contributed by atoms with Gasteiger partial charge in [-0.05, 0) is 37.8 Å². The summed E-state index contributed by atoms with van der Waals surface area (Å²) in [5.74, 6) is 6.24. The van der Waals surface area contributed by atoms with Gasteiger partial charge in [-0.15, -0.1) is 0 Å². The molecule has 4 N–H and O–H groups in total. The van der Waals surface area contributed by atoms with E-state index in [1.165, 1.54) is 12.8 Å². The third-order valence-electron chi connectivity index (χ3n) is 3.72. The molecule has 0 aromatic heterocycles. The molecule has 0 heterocycles. The lowest BCUT2D eigenvalue weighted by molar-refractivity contribution is 0.0933. The molecule has 4 heteroatoms. The molecule has 2 rings (SSSR count). The number of amides is 1. The summed E-state index contributed by atoms with van der Waals surface area (Å²) < 4.78 is 0. The Bertz CT molecular complexity index is 455. The van der Waals surface area contributed by atoms with Crippen LogP contribution in [-0.2, 0) is 0 Å². The minimum atomic E-state index is -0.0378. The van der Waals surface area contributed by atoms with Gasteiger partial charge in [0, 0.05) is 6.04 Å². The molecule has 1 fully saturated rings. The van der Waals surface area contributed by atoms with Gasteiger partial charge < -0.3 is 10.7 Å². The van der Waals surface area contributed by atoms with E-state index < -0.39 is 0 Å². The van der Waals surface area contributed by atoms with Crippen LogP contribution >= 0.6 is 0 Å². The number of hydrogen-bond acceptors (Lipinski definition) is 3. The third-order valence-corrected chi connectivity index (χ3v) is 3.72. The van der Waals surface area contributed by atoms with E-state index in [0.29, 0.717) is 11.3 Å². The number of benzene rings is 1. The number of hydrogen-bond donors (Lipinski definition) is 3. The average molecular weight is 261 g/mol. The number of rotatable bonds is 6. The van der Waals surface area contributed by atoms with Crippen LogP contribution in [0.2, 0.25) is 0 Å². The minimum absolute atomic E-state index is 0.0378. The molecule has 4 nitrogen and oxygen atoms in total. The first-order chi connectivity index (χ1) is 9.13. The first-order valence-electron chi connectivity index (χ1n) is 7.02. The first kappa shape index (κ1) is 13.9. The maximum absolute atomic E-state index is 12.3. The fourth-order valence-corrected chi connectivity index (χ4v) is 2.32. The second-order valence-electron chi connectivity index (χ2n) is 5.45. The van der Waals surface area contributed by atoms with Gasteiger partial charge in [-0.3, -0.25) is 10.6 Å². The molecular weight excluding hydrogens is 238 g/mol. The van der Waals surface area contributed by atoms with Crippen molar-refractivity contribution in [1.82, 2.24) is 5.32 Å². The van der Waals surface area contributed by atoms with Crippen LogP contribution in [0.4, 0.5) is 5.69 Å². The van der Waals surface area contributed by atoms with Crippen molar-refractivity contribution in [3.63, 3.8) is 0 Å². The van der Waals surface area contributed by atoms with Gasteiger partial charge in [0.15, 0.2) is 0 Å². The van der Waals surface area contributed by atoms with Crippen molar-refractivity contribution in [1.29, 1.82) is 0 Å². The lowest BCUT2D eigenvalue weighted by atomic mass is 10.1. The Kier molecular flexibility index (Phi) is 4.43. The zero-order valence-corrected chi connectivity index (χ0v) is 11.7.